The van der Waals surface area contributed by atoms with Crippen LogP contribution in [0, 0.1) is 0 Å². The van der Waals surface area contributed by atoms with E-state index in [0.29, 0.717) is 0 Å². The predicted molar refractivity (Wildman–Crippen MR) is 48.0 cm³/mol. The molecule has 154 valence electrons. The topological polar surface area (TPSA) is 0 Å². The fraction of sp³-hybridized carbons (Fsp3) is 0.750. The first-order valence-electron chi connectivity index (χ1n) is 5.31. The SMILES string of the molecule is FB(F)/C(F)=C(/F)C(F)(F)C(F)(F)C(F)(F)C(F)(F)C(F)(F)C(F)(F)F. The maximum atomic E-state index is 12.9. The zero-order valence-corrected chi connectivity index (χ0v) is 11.0. The highest BCUT2D eigenvalue weighted by Crippen LogP contribution is 2.61. The molecular weight excluding hydrogens is 430 g/mol. The van der Waals surface area contributed by atoms with Gasteiger partial charge in [0.2, 0.25) is 5.83 Å². The maximum absolute atomic E-state index is 12.9. The summed E-state index contributed by atoms with van der Waals surface area (Å²) < 4.78 is 210. The van der Waals surface area contributed by atoms with Gasteiger partial charge in [0.15, 0.2) is 5.73 Å². The molecule has 0 spiro atoms. The summed E-state index contributed by atoms with van der Waals surface area (Å²) in [5.74, 6) is -45.5. The number of hydrogen-bond donors (Lipinski definition) is 0. The van der Waals surface area contributed by atoms with E-state index in [1.54, 1.807) is 0 Å². The molecule has 0 radical (unpaired) electrons. The summed E-state index contributed by atoms with van der Waals surface area (Å²) >= 11 is 0. The molecule has 0 heterocycles. The number of allylic oxidation sites excluding steroid dienone is 1. The van der Waals surface area contributed by atoms with Gasteiger partial charge in [-0.15, -0.1) is 0 Å². The van der Waals surface area contributed by atoms with Gasteiger partial charge in [-0.3, -0.25) is 8.63 Å². The molecule has 0 fully saturated rings. The van der Waals surface area contributed by atoms with Gasteiger partial charge >= 0.3 is 43.1 Å². The molecule has 0 aromatic heterocycles. The van der Waals surface area contributed by atoms with Crippen LogP contribution in [-0.4, -0.2) is 43.1 Å². The van der Waals surface area contributed by atoms with Crippen molar-refractivity contribution in [2.24, 2.45) is 0 Å². The van der Waals surface area contributed by atoms with Crippen molar-refractivity contribution in [2.75, 3.05) is 0 Å². The Morgan fingerprint density at radius 2 is 0.808 bits per heavy atom. The summed E-state index contributed by atoms with van der Waals surface area (Å²) in [6.45, 7) is 0. The first-order chi connectivity index (χ1) is 11.0. The van der Waals surface area contributed by atoms with Crippen molar-refractivity contribution in [3.63, 3.8) is 0 Å². The van der Waals surface area contributed by atoms with Gasteiger partial charge in [0, 0.05) is 0 Å². The summed E-state index contributed by atoms with van der Waals surface area (Å²) in [6.07, 6.45) is -7.69. The molecule has 0 aliphatic carbocycles. The average Bonchev–Trinajstić information content (AvgIpc) is 2.43. The lowest BCUT2D eigenvalue weighted by Crippen LogP contribution is -2.70. The summed E-state index contributed by atoms with van der Waals surface area (Å²) in [4.78, 5) is 0. The third-order valence-corrected chi connectivity index (χ3v) is 2.61. The second-order valence-corrected chi connectivity index (χ2v) is 4.33. The summed E-state index contributed by atoms with van der Waals surface area (Å²) in [5.41, 5.74) is -4.17. The van der Waals surface area contributed by atoms with E-state index in [4.69, 9.17) is 0 Å². The van der Waals surface area contributed by atoms with Crippen LogP contribution < -0.4 is 0 Å². The highest BCUT2D eigenvalue weighted by Gasteiger charge is 2.91. The minimum atomic E-state index is -8.40. The highest BCUT2D eigenvalue weighted by molar-refractivity contribution is 6.51. The van der Waals surface area contributed by atoms with E-state index in [1.807, 2.05) is 0 Å². The van der Waals surface area contributed by atoms with Crippen LogP contribution in [0.5, 0.6) is 0 Å². The summed E-state index contributed by atoms with van der Waals surface area (Å²) in [6, 6.07) is 0. The molecule has 0 rings (SSSR count). The molecule has 0 unspecified atom stereocenters. The molecular formula is C8BF17. The van der Waals surface area contributed by atoms with Gasteiger partial charge in [-0.2, -0.15) is 57.1 Å². The third kappa shape index (κ3) is 3.18. The Morgan fingerprint density at radius 1 is 0.500 bits per heavy atom. The van der Waals surface area contributed by atoms with E-state index >= 15 is 0 Å². The number of rotatable bonds is 6. The fourth-order valence-electron chi connectivity index (χ4n) is 1.15. The average molecular weight is 430 g/mol. The molecule has 0 aliphatic heterocycles. The summed E-state index contributed by atoms with van der Waals surface area (Å²) in [5, 5.41) is 0. The van der Waals surface area contributed by atoms with Crippen LogP contribution in [0.2, 0.25) is 0 Å². The normalized spacial score (nSPS) is 16.5. The van der Waals surface area contributed by atoms with Gasteiger partial charge in [0.1, 0.15) is 0 Å². The van der Waals surface area contributed by atoms with Crippen molar-refractivity contribution in [2.45, 2.75) is 35.8 Å². The smallest absolute Gasteiger partial charge is 0.279 e. The van der Waals surface area contributed by atoms with E-state index < -0.39 is 54.6 Å². The maximum Gasteiger partial charge on any atom is 0.604 e. The molecule has 0 amide bonds. The third-order valence-electron chi connectivity index (χ3n) is 2.61. The largest absolute Gasteiger partial charge is 0.604 e. The van der Waals surface area contributed by atoms with Crippen LogP contribution in [0.25, 0.3) is 0 Å². The molecule has 18 heteroatoms. The Labute approximate surface area is 130 Å². The summed E-state index contributed by atoms with van der Waals surface area (Å²) in [7, 11) is -5.01. The molecule has 26 heavy (non-hydrogen) atoms. The van der Waals surface area contributed by atoms with E-state index in [0.717, 1.165) is 0 Å². The minimum absolute atomic E-state index is 4.17. The standard InChI is InChI=1S/C8BF17/c10-1(2(11)9(25)26)3(12,13)4(14,15)5(16,17)6(18,19)7(20,21)8(22,23)24/b2-1-. The fourth-order valence-corrected chi connectivity index (χ4v) is 1.15. The van der Waals surface area contributed by atoms with Crippen molar-refractivity contribution >= 4 is 7.27 Å². The van der Waals surface area contributed by atoms with Gasteiger partial charge in [-0.25, -0.2) is 8.78 Å². The molecule has 0 nitrogen and oxygen atoms in total. The predicted octanol–water partition coefficient (Wildman–Crippen LogP) is 5.84. The Balaban J connectivity index is 6.56. The van der Waals surface area contributed by atoms with Crippen molar-refractivity contribution in [3.8, 4) is 0 Å². The van der Waals surface area contributed by atoms with E-state index in [2.05, 4.69) is 0 Å². The van der Waals surface area contributed by atoms with Crippen LogP contribution in [0.4, 0.5) is 74.5 Å². The highest BCUT2D eigenvalue weighted by atomic mass is 19.4. The first kappa shape index (κ1) is 24.6. The van der Waals surface area contributed by atoms with Crippen molar-refractivity contribution in [1.29, 1.82) is 0 Å². The zero-order chi connectivity index (χ0) is 21.7. The van der Waals surface area contributed by atoms with Crippen LogP contribution in [-0.2, 0) is 0 Å². The van der Waals surface area contributed by atoms with Crippen LogP contribution in [0.15, 0.2) is 11.6 Å². The lowest BCUT2D eigenvalue weighted by atomic mass is 9.89. The molecule has 0 atom stereocenters. The Kier molecular flexibility index (Phi) is 6.01. The number of hydrogen-bond acceptors (Lipinski definition) is 0. The van der Waals surface area contributed by atoms with Crippen LogP contribution in [0.3, 0.4) is 0 Å². The molecule has 0 aliphatic rings. The zero-order valence-electron chi connectivity index (χ0n) is 11.0. The molecule has 0 saturated heterocycles. The van der Waals surface area contributed by atoms with Gasteiger partial charge in [-0.05, 0) is 0 Å². The molecule has 0 bridgehead atoms. The number of alkyl halides is 13. The monoisotopic (exact) mass is 430 g/mol. The van der Waals surface area contributed by atoms with Crippen LogP contribution in [0.1, 0.15) is 0 Å². The molecule has 0 aromatic carbocycles. The molecule has 0 aromatic rings. The molecule has 0 N–H and O–H groups in total. The van der Waals surface area contributed by atoms with Crippen molar-refractivity contribution in [3.05, 3.63) is 11.6 Å². The second kappa shape index (κ2) is 6.35. The quantitative estimate of drug-likeness (QED) is 0.367. The van der Waals surface area contributed by atoms with E-state index in [-0.39, 0.29) is 0 Å². The molecule has 0 saturated carbocycles. The van der Waals surface area contributed by atoms with E-state index in [1.165, 1.54) is 0 Å². The Hall–Kier alpha value is -1.39. The van der Waals surface area contributed by atoms with Crippen molar-refractivity contribution in [1.82, 2.24) is 0 Å². The van der Waals surface area contributed by atoms with Gasteiger partial charge < -0.3 is 0 Å². The second-order valence-electron chi connectivity index (χ2n) is 4.33. The van der Waals surface area contributed by atoms with Gasteiger partial charge in [0.25, 0.3) is 0 Å². The first-order valence-corrected chi connectivity index (χ1v) is 5.31. The minimum Gasteiger partial charge on any atom is -0.279 e. The Morgan fingerprint density at radius 3 is 1.08 bits per heavy atom. The Bertz CT molecular complexity index is 554. The van der Waals surface area contributed by atoms with Crippen molar-refractivity contribution < 1.29 is 74.5 Å². The van der Waals surface area contributed by atoms with Crippen LogP contribution >= 0.6 is 0 Å². The lowest BCUT2D eigenvalue weighted by molar-refractivity contribution is -0.437. The van der Waals surface area contributed by atoms with E-state index in [9.17, 15) is 74.5 Å². The van der Waals surface area contributed by atoms with Gasteiger partial charge in [-0.1, -0.05) is 0 Å². The number of halogens is 17. The van der Waals surface area contributed by atoms with Gasteiger partial charge in [0.05, 0.1) is 0 Å². The lowest BCUT2D eigenvalue weighted by Gasteiger charge is -2.39.